The Morgan fingerprint density at radius 3 is 2.74 bits per heavy atom. The highest BCUT2D eigenvalue weighted by Gasteiger charge is 2.42. The van der Waals surface area contributed by atoms with Gasteiger partial charge in [0.15, 0.2) is 0 Å². The molecule has 0 N–H and O–H groups in total. The maximum atomic E-state index is 11.0. The minimum Gasteiger partial charge on any atom is -0.485 e. The summed E-state index contributed by atoms with van der Waals surface area (Å²) in [6.45, 7) is 0.430. The van der Waals surface area contributed by atoms with Gasteiger partial charge < -0.3 is 4.74 Å². The van der Waals surface area contributed by atoms with E-state index in [0.29, 0.717) is 15.9 Å². The second-order valence-corrected chi connectivity index (χ2v) is 6.10. The molecule has 0 saturated heterocycles. The van der Waals surface area contributed by atoms with Crippen LogP contribution in [-0.2, 0) is 0 Å². The zero-order valence-corrected chi connectivity index (χ0v) is 13.0. The molecule has 5 nitrogen and oxygen atoms in total. The number of nitrogens with zero attached hydrogens (tertiary/aromatic N) is 2. The molecule has 1 saturated carbocycles. The van der Waals surface area contributed by atoms with Crippen LogP contribution in [0.15, 0.2) is 12.1 Å². The van der Waals surface area contributed by atoms with E-state index in [-0.39, 0.29) is 22.4 Å². The van der Waals surface area contributed by atoms with Gasteiger partial charge in [-0.05, 0) is 47.3 Å². The van der Waals surface area contributed by atoms with E-state index >= 15 is 0 Å². The van der Waals surface area contributed by atoms with Gasteiger partial charge in [0.2, 0.25) is 5.75 Å². The van der Waals surface area contributed by atoms with Crippen molar-refractivity contribution < 1.29 is 9.66 Å². The minimum atomic E-state index is -0.515. The maximum absolute atomic E-state index is 11.0. The molecule has 0 radical (unpaired) electrons. The molecule has 0 atom stereocenters. The number of nitriles is 1. The molecule has 1 fully saturated rings. The fourth-order valence-electron chi connectivity index (χ4n) is 1.67. The monoisotopic (exact) mass is 390 g/mol. The summed E-state index contributed by atoms with van der Waals surface area (Å²) in [6, 6.07) is 4.74. The molecule has 0 aliphatic heterocycles. The number of ether oxygens (including phenoxy) is 1. The molecule has 0 spiro atoms. The van der Waals surface area contributed by atoms with Crippen LogP contribution in [-0.4, -0.2) is 17.3 Å². The summed E-state index contributed by atoms with van der Waals surface area (Å²) in [6.07, 6.45) is 2.08. The fourth-order valence-corrected chi connectivity index (χ4v) is 2.85. The van der Waals surface area contributed by atoms with Gasteiger partial charge in [0.1, 0.15) is 0 Å². The van der Waals surface area contributed by atoms with Gasteiger partial charge in [0.25, 0.3) is 0 Å². The van der Waals surface area contributed by atoms with E-state index in [0.717, 1.165) is 12.8 Å². The summed E-state index contributed by atoms with van der Waals surface area (Å²) in [5.74, 6) is 0.964. The van der Waals surface area contributed by atoms with E-state index in [1.54, 1.807) is 6.07 Å². The lowest BCUT2D eigenvalue weighted by Crippen LogP contribution is -2.15. The maximum Gasteiger partial charge on any atom is 0.313 e. The average molecular weight is 390 g/mol. The summed E-state index contributed by atoms with van der Waals surface area (Å²) in [7, 11) is 0. The zero-order valence-electron chi connectivity index (χ0n) is 9.93. The third-order valence-electron chi connectivity index (χ3n) is 3.17. The van der Waals surface area contributed by atoms with Crippen LogP contribution in [0.4, 0.5) is 5.69 Å². The lowest BCUT2D eigenvalue weighted by Gasteiger charge is -2.14. The van der Waals surface area contributed by atoms with Crippen molar-refractivity contribution in [3.63, 3.8) is 0 Å². The molecule has 2 rings (SSSR count). The van der Waals surface area contributed by atoms with Crippen molar-refractivity contribution in [2.45, 2.75) is 12.8 Å². The van der Waals surface area contributed by atoms with Crippen molar-refractivity contribution >= 4 is 40.9 Å². The third-order valence-corrected chi connectivity index (χ3v) is 4.64. The van der Waals surface area contributed by atoms with Crippen LogP contribution in [0.3, 0.4) is 0 Å². The summed E-state index contributed by atoms with van der Waals surface area (Å²) in [5, 5.41) is 19.9. The fraction of sp³-hybridized carbons (Fsp3) is 0.417. The Morgan fingerprint density at radius 1 is 1.58 bits per heavy atom. The van der Waals surface area contributed by atoms with Gasteiger partial charge in [-0.2, -0.15) is 17.9 Å². The smallest absolute Gasteiger partial charge is 0.313 e. The van der Waals surface area contributed by atoms with Crippen LogP contribution in [0, 0.1) is 30.4 Å². The molecule has 1 aliphatic carbocycles. The molecule has 7 heteroatoms. The van der Waals surface area contributed by atoms with Crippen LogP contribution in [0.2, 0.25) is 0 Å². The number of rotatable bonds is 5. The molecular formula is C12H11IN2O3S. The summed E-state index contributed by atoms with van der Waals surface area (Å²) in [5.41, 5.74) is 0.172. The van der Waals surface area contributed by atoms with Crippen LogP contribution in [0.25, 0.3) is 0 Å². The molecule has 1 aliphatic rings. The Balaban J connectivity index is 2.28. The molecule has 0 unspecified atom stereocenters. The van der Waals surface area contributed by atoms with Gasteiger partial charge in [0, 0.05) is 11.5 Å². The number of nitro groups is 1. The molecule has 19 heavy (non-hydrogen) atoms. The van der Waals surface area contributed by atoms with Gasteiger partial charge in [-0.25, -0.2) is 0 Å². The lowest BCUT2D eigenvalue weighted by molar-refractivity contribution is -0.386. The second-order valence-electron chi connectivity index (χ2n) is 4.62. The molecular weight excluding hydrogens is 379 g/mol. The van der Waals surface area contributed by atoms with Crippen LogP contribution in [0.1, 0.15) is 18.4 Å². The van der Waals surface area contributed by atoms with E-state index in [2.05, 4.69) is 12.6 Å². The standard InChI is InChI=1S/C12H11IN2O3S/c13-9-3-8(5-14)4-10(15(16)17)11(9)18-6-12(7-19)1-2-12/h3-4,19H,1-2,6-7H2. The third kappa shape index (κ3) is 3.12. The van der Waals surface area contributed by atoms with E-state index in [9.17, 15) is 10.1 Å². The molecule has 1 aromatic carbocycles. The highest BCUT2D eigenvalue weighted by molar-refractivity contribution is 14.1. The highest BCUT2D eigenvalue weighted by atomic mass is 127. The lowest BCUT2D eigenvalue weighted by atomic mass is 10.1. The molecule has 0 amide bonds. The van der Waals surface area contributed by atoms with E-state index in [4.69, 9.17) is 10.00 Å². The largest absolute Gasteiger partial charge is 0.485 e. The number of thiol groups is 1. The van der Waals surface area contributed by atoms with Gasteiger partial charge in [-0.15, -0.1) is 0 Å². The van der Waals surface area contributed by atoms with Gasteiger partial charge in [-0.1, -0.05) is 0 Å². The number of benzene rings is 1. The number of nitro benzene ring substituents is 1. The van der Waals surface area contributed by atoms with Crippen molar-refractivity contribution in [3.05, 3.63) is 31.4 Å². The first kappa shape index (κ1) is 14.4. The Labute approximate surface area is 129 Å². The van der Waals surface area contributed by atoms with E-state index < -0.39 is 4.92 Å². The first-order valence-corrected chi connectivity index (χ1v) is 7.34. The first-order valence-electron chi connectivity index (χ1n) is 5.63. The predicted octanol–water partition coefficient (Wildman–Crippen LogP) is 3.16. The summed E-state index contributed by atoms with van der Waals surface area (Å²) in [4.78, 5) is 10.5. The van der Waals surface area contributed by atoms with Crippen molar-refractivity contribution in [3.8, 4) is 11.8 Å². The summed E-state index contributed by atoms with van der Waals surface area (Å²) >= 11 is 6.23. The molecule has 1 aromatic rings. The van der Waals surface area contributed by atoms with Crippen LogP contribution >= 0.6 is 35.2 Å². The topological polar surface area (TPSA) is 76.2 Å². The molecule has 0 aromatic heterocycles. The van der Waals surface area contributed by atoms with Gasteiger partial charge in [0.05, 0.1) is 26.7 Å². The van der Waals surface area contributed by atoms with Crippen molar-refractivity contribution in [1.82, 2.24) is 0 Å². The Bertz CT molecular complexity index is 567. The number of halogens is 1. The van der Waals surface area contributed by atoms with E-state index in [1.165, 1.54) is 6.07 Å². The molecule has 100 valence electrons. The number of hydrogen-bond acceptors (Lipinski definition) is 5. The highest BCUT2D eigenvalue weighted by Crippen LogP contribution is 2.47. The van der Waals surface area contributed by atoms with Crippen LogP contribution < -0.4 is 4.74 Å². The quantitative estimate of drug-likeness (QED) is 0.363. The molecule has 0 bridgehead atoms. The Morgan fingerprint density at radius 2 is 2.26 bits per heavy atom. The van der Waals surface area contributed by atoms with E-state index in [1.807, 2.05) is 28.7 Å². The second kappa shape index (κ2) is 5.54. The summed E-state index contributed by atoms with van der Waals surface area (Å²) < 4.78 is 6.22. The normalized spacial score (nSPS) is 15.6. The van der Waals surface area contributed by atoms with Crippen molar-refractivity contribution in [1.29, 1.82) is 5.26 Å². The predicted molar refractivity (Wildman–Crippen MR) is 81.5 cm³/mol. The number of hydrogen-bond donors (Lipinski definition) is 1. The first-order chi connectivity index (χ1) is 9.01. The zero-order chi connectivity index (χ0) is 14.0. The van der Waals surface area contributed by atoms with Gasteiger partial charge >= 0.3 is 5.69 Å². The van der Waals surface area contributed by atoms with Crippen LogP contribution in [0.5, 0.6) is 5.75 Å². The minimum absolute atomic E-state index is 0.0635. The van der Waals surface area contributed by atoms with Crippen molar-refractivity contribution in [2.24, 2.45) is 5.41 Å². The Kier molecular flexibility index (Phi) is 4.20. The average Bonchev–Trinajstić information content (AvgIpc) is 3.17. The molecule has 0 heterocycles. The van der Waals surface area contributed by atoms with Gasteiger partial charge in [-0.3, -0.25) is 10.1 Å². The van der Waals surface area contributed by atoms with Crippen molar-refractivity contribution in [2.75, 3.05) is 12.4 Å². The SMILES string of the molecule is N#Cc1cc(I)c(OCC2(CS)CC2)c([N+](=O)[O-])c1. The Hall–Kier alpha value is -1.01.